The third kappa shape index (κ3) is 7.15. The van der Waals surface area contributed by atoms with Gasteiger partial charge in [-0.05, 0) is 108 Å². The lowest BCUT2D eigenvalue weighted by Gasteiger charge is -2.41. The van der Waals surface area contributed by atoms with E-state index in [1.165, 1.54) is 12.1 Å². The highest BCUT2D eigenvalue weighted by atomic mass is 19.1. The zero-order valence-electron chi connectivity index (χ0n) is 27.9. The number of hydrogen-bond donors (Lipinski definition) is 2. The number of aryl methyl sites for hydroxylation is 1. The number of pyridine rings is 1. The molecule has 250 valence electrons. The SMILES string of the molecule is Cc1cc2nc3cn2c(c1[C@H](OC(C)(C)C)C(=O)O)N1CCC(C)(CC1)OCCCC[C@H](N)Oc1ccc(F)cc1-c1cccc-3c1. The van der Waals surface area contributed by atoms with Crippen LogP contribution in [-0.4, -0.2) is 57.6 Å². The number of carboxylic acids is 1. The molecule has 0 saturated carbocycles. The molecule has 0 radical (unpaired) electrons. The number of nitrogens with two attached hydrogens (primary N) is 1. The van der Waals surface area contributed by atoms with Crippen LogP contribution < -0.4 is 15.4 Å². The Bertz CT molecular complexity index is 1770. The van der Waals surface area contributed by atoms with Gasteiger partial charge in [-0.2, -0.15) is 0 Å². The summed E-state index contributed by atoms with van der Waals surface area (Å²) >= 11 is 0. The zero-order chi connectivity index (χ0) is 33.5. The van der Waals surface area contributed by atoms with Crippen molar-refractivity contribution < 1.29 is 28.5 Å². The van der Waals surface area contributed by atoms with Crippen LogP contribution in [0.15, 0.2) is 54.7 Å². The number of halogens is 1. The fourth-order valence-electron chi connectivity index (χ4n) is 6.62. The average molecular weight is 645 g/mol. The van der Waals surface area contributed by atoms with Gasteiger partial charge in [0.2, 0.25) is 0 Å². The van der Waals surface area contributed by atoms with Gasteiger partial charge >= 0.3 is 5.97 Å². The lowest BCUT2D eigenvalue weighted by molar-refractivity contribution is -0.160. The van der Waals surface area contributed by atoms with E-state index >= 15 is 0 Å². The van der Waals surface area contributed by atoms with E-state index in [-0.39, 0.29) is 11.4 Å². The summed E-state index contributed by atoms with van der Waals surface area (Å²) in [6, 6.07) is 14.1. The number of carboxylic acid groups (broad SMARTS) is 1. The number of imidazole rings is 1. The molecule has 9 nitrogen and oxygen atoms in total. The van der Waals surface area contributed by atoms with E-state index in [1.54, 1.807) is 6.07 Å². The van der Waals surface area contributed by atoms with Crippen LogP contribution in [0.2, 0.25) is 0 Å². The standard InChI is InChI=1S/C37H45FN4O5/c1-23-19-31-40-28-22-42(31)34(32(23)33(35(43)44)47-36(2,3)4)41-16-14-37(5,15-17-41)45-18-7-6-11-30(39)46-29-13-12-26(38)21-27(29)24-9-8-10-25(28)20-24/h8-10,12-13,19-22,30,33H,6-7,11,14-18,39H2,1-5H3,(H,43,44)/t30-,33+/m1/s1. The van der Waals surface area contributed by atoms with E-state index in [9.17, 15) is 14.3 Å². The molecule has 0 unspecified atom stereocenters. The van der Waals surface area contributed by atoms with Crippen LogP contribution >= 0.6 is 0 Å². The number of ether oxygens (including phenoxy) is 3. The Labute approximate surface area is 275 Å². The second-order valence-corrected chi connectivity index (χ2v) is 14.0. The predicted octanol–water partition coefficient (Wildman–Crippen LogP) is 7.28. The number of rotatable bonds is 3. The molecule has 1 saturated heterocycles. The summed E-state index contributed by atoms with van der Waals surface area (Å²) in [5.41, 5.74) is 10.4. The molecule has 3 aliphatic rings. The Kier molecular flexibility index (Phi) is 9.04. The van der Waals surface area contributed by atoms with Crippen LogP contribution in [0.1, 0.15) is 77.0 Å². The van der Waals surface area contributed by atoms with Crippen LogP contribution in [0.5, 0.6) is 5.75 Å². The minimum atomic E-state index is -1.18. The number of fused-ring (bicyclic) bond motifs is 8. The Morgan fingerprint density at radius 3 is 2.60 bits per heavy atom. The van der Waals surface area contributed by atoms with Gasteiger partial charge in [-0.3, -0.25) is 10.1 Å². The molecule has 5 heterocycles. The predicted molar refractivity (Wildman–Crippen MR) is 180 cm³/mol. The van der Waals surface area contributed by atoms with Gasteiger partial charge in [0, 0.05) is 42.6 Å². The van der Waals surface area contributed by atoms with Gasteiger partial charge in [0.25, 0.3) is 0 Å². The van der Waals surface area contributed by atoms with Gasteiger partial charge in [0.1, 0.15) is 29.3 Å². The Hall–Kier alpha value is -3.99. The Balaban J connectivity index is 1.53. The lowest BCUT2D eigenvalue weighted by Crippen LogP contribution is -2.45. The van der Waals surface area contributed by atoms with Crippen molar-refractivity contribution in [3.05, 3.63) is 71.7 Å². The highest BCUT2D eigenvalue weighted by Crippen LogP contribution is 2.40. The minimum Gasteiger partial charge on any atom is -0.479 e. The van der Waals surface area contributed by atoms with Gasteiger partial charge in [0.05, 0.1) is 16.9 Å². The average Bonchev–Trinajstić information content (AvgIpc) is 3.43. The number of hydrogen-bond acceptors (Lipinski definition) is 7. The molecule has 6 bridgehead atoms. The maximum atomic E-state index is 14.6. The van der Waals surface area contributed by atoms with Crippen LogP contribution in [0.4, 0.5) is 10.2 Å². The van der Waals surface area contributed by atoms with Crippen LogP contribution in [0.25, 0.3) is 28.0 Å². The summed E-state index contributed by atoms with van der Waals surface area (Å²) in [5, 5.41) is 10.5. The van der Waals surface area contributed by atoms with E-state index in [2.05, 4.69) is 11.8 Å². The normalized spacial score (nSPS) is 21.3. The molecule has 7 rings (SSSR count). The maximum Gasteiger partial charge on any atom is 0.337 e. The van der Waals surface area contributed by atoms with Crippen molar-refractivity contribution in [3.63, 3.8) is 0 Å². The molecule has 47 heavy (non-hydrogen) atoms. The smallest absolute Gasteiger partial charge is 0.337 e. The number of benzene rings is 2. The van der Waals surface area contributed by atoms with E-state index in [0.717, 1.165) is 48.2 Å². The first-order chi connectivity index (χ1) is 22.3. The molecule has 2 atom stereocenters. The molecule has 0 aliphatic carbocycles. The highest BCUT2D eigenvalue weighted by Gasteiger charge is 2.37. The van der Waals surface area contributed by atoms with Gasteiger partial charge in [-0.1, -0.05) is 18.2 Å². The monoisotopic (exact) mass is 644 g/mol. The van der Waals surface area contributed by atoms with Crippen LogP contribution in [0.3, 0.4) is 0 Å². The van der Waals surface area contributed by atoms with E-state index in [1.807, 2.05) is 68.6 Å². The van der Waals surface area contributed by atoms with Crippen molar-refractivity contribution in [1.29, 1.82) is 0 Å². The summed E-state index contributed by atoms with van der Waals surface area (Å²) in [6.07, 6.45) is 4.07. The molecule has 2 aromatic heterocycles. The fraction of sp³-hybridized carbons (Fsp3) is 0.459. The number of aromatic nitrogens is 2. The van der Waals surface area contributed by atoms with Crippen LogP contribution in [0, 0.1) is 12.7 Å². The van der Waals surface area contributed by atoms with E-state index in [4.69, 9.17) is 24.9 Å². The van der Waals surface area contributed by atoms with Crippen molar-refractivity contribution in [1.82, 2.24) is 9.38 Å². The van der Waals surface area contributed by atoms with E-state index in [0.29, 0.717) is 54.3 Å². The number of piperidine rings is 1. The number of anilines is 1. The quantitative estimate of drug-likeness (QED) is 0.239. The lowest BCUT2D eigenvalue weighted by atomic mass is 9.92. The molecule has 3 aliphatic heterocycles. The third-order valence-electron chi connectivity index (χ3n) is 9.07. The van der Waals surface area contributed by atoms with Crippen molar-refractivity contribution in [2.75, 3.05) is 24.6 Å². The highest BCUT2D eigenvalue weighted by molar-refractivity contribution is 5.80. The summed E-state index contributed by atoms with van der Waals surface area (Å²) in [7, 11) is 0. The number of carbonyl (C=O) groups is 1. The number of aliphatic carboxylic acids is 1. The van der Waals surface area contributed by atoms with Crippen LogP contribution in [-0.2, 0) is 14.3 Å². The topological polar surface area (TPSA) is 112 Å². The van der Waals surface area contributed by atoms with Crippen molar-refractivity contribution in [2.24, 2.45) is 5.73 Å². The molecule has 10 heteroatoms. The first-order valence-corrected chi connectivity index (χ1v) is 16.4. The third-order valence-corrected chi connectivity index (χ3v) is 9.07. The molecule has 4 aromatic rings. The van der Waals surface area contributed by atoms with Gasteiger partial charge < -0.3 is 24.2 Å². The van der Waals surface area contributed by atoms with Gasteiger partial charge in [-0.25, -0.2) is 14.2 Å². The molecule has 1 fully saturated rings. The second kappa shape index (κ2) is 12.9. The molecular weight excluding hydrogens is 599 g/mol. The molecule has 0 spiro atoms. The summed E-state index contributed by atoms with van der Waals surface area (Å²) in [6.45, 7) is 11.6. The summed E-state index contributed by atoms with van der Waals surface area (Å²) in [4.78, 5) is 20.1. The maximum absolute atomic E-state index is 14.6. The van der Waals surface area contributed by atoms with Gasteiger partial charge in [0.15, 0.2) is 6.10 Å². The summed E-state index contributed by atoms with van der Waals surface area (Å²) < 4.78 is 35.4. The van der Waals surface area contributed by atoms with Crippen molar-refractivity contribution in [2.45, 2.75) is 90.3 Å². The van der Waals surface area contributed by atoms with Crippen molar-refractivity contribution >= 4 is 17.4 Å². The van der Waals surface area contributed by atoms with Crippen molar-refractivity contribution in [3.8, 4) is 28.1 Å². The Morgan fingerprint density at radius 2 is 1.87 bits per heavy atom. The first-order valence-electron chi connectivity index (χ1n) is 16.4. The molecule has 3 N–H and O–H groups in total. The molecule has 2 aromatic carbocycles. The first kappa shape index (κ1) is 32.9. The molecular formula is C37H45FN4O5. The zero-order valence-corrected chi connectivity index (χ0v) is 27.9. The van der Waals surface area contributed by atoms with Gasteiger partial charge in [-0.15, -0.1) is 0 Å². The number of nitrogens with zero attached hydrogens (tertiary/aromatic N) is 3. The second-order valence-electron chi connectivity index (χ2n) is 14.0. The fourth-order valence-corrected chi connectivity index (χ4v) is 6.62. The minimum absolute atomic E-state index is 0.309. The molecule has 0 amide bonds. The largest absolute Gasteiger partial charge is 0.479 e. The van der Waals surface area contributed by atoms with E-state index < -0.39 is 23.9 Å². The Morgan fingerprint density at radius 1 is 1.13 bits per heavy atom. The summed E-state index contributed by atoms with van der Waals surface area (Å²) in [5.74, 6) is -0.147.